The van der Waals surface area contributed by atoms with Crippen molar-refractivity contribution in [3.63, 3.8) is 0 Å². The Labute approximate surface area is 205 Å². The van der Waals surface area contributed by atoms with Gasteiger partial charge in [-0.05, 0) is 44.8 Å². The molecule has 3 unspecified atom stereocenters. The summed E-state index contributed by atoms with van der Waals surface area (Å²) in [6.45, 7) is 13.4. The summed E-state index contributed by atoms with van der Waals surface area (Å²) in [6.07, 6.45) is 11.9. The van der Waals surface area contributed by atoms with Crippen molar-refractivity contribution in [2.24, 2.45) is 11.8 Å². The topological polar surface area (TPSA) is 89.8 Å². The first-order valence-electron chi connectivity index (χ1n) is 11.4. The maximum atomic E-state index is 6.22. The van der Waals surface area contributed by atoms with Crippen LogP contribution >= 0.6 is 11.6 Å². The zero-order valence-corrected chi connectivity index (χ0v) is 21.1. The number of aryl methyl sites for hydroxylation is 1. The molecule has 2 aliphatic rings. The molecule has 8 nitrogen and oxygen atoms in total. The highest BCUT2D eigenvalue weighted by Crippen LogP contribution is 2.41. The van der Waals surface area contributed by atoms with E-state index in [-0.39, 0.29) is 23.3 Å². The zero-order chi connectivity index (χ0) is 24.5. The number of rotatable bonds is 7. The van der Waals surface area contributed by atoms with Gasteiger partial charge in [0.25, 0.3) is 0 Å². The predicted molar refractivity (Wildman–Crippen MR) is 136 cm³/mol. The highest BCUT2D eigenvalue weighted by Gasteiger charge is 2.34. The molecular weight excluding hydrogens is 450 g/mol. The Hall–Kier alpha value is -2.97. The van der Waals surface area contributed by atoms with Crippen LogP contribution in [0.3, 0.4) is 0 Å². The molecule has 0 aromatic carbocycles. The van der Waals surface area contributed by atoms with Gasteiger partial charge in [0.15, 0.2) is 0 Å². The van der Waals surface area contributed by atoms with E-state index in [1.54, 1.807) is 6.33 Å². The van der Waals surface area contributed by atoms with Gasteiger partial charge in [0.2, 0.25) is 5.95 Å². The van der Waals surface area contributed by atoms with Crippen molar-refractivity contribution in [2.75, 3.05) is 24.3 Å². The number of ether oxygens (including phenoxy) is 1. The molecule has 2 N–H and O–H groups in total. The minimum absolute atomic E-state index is 0.102. The van der Waals surface area contributed by atoms with Crippen molar-refractivity contribution in [3.8, 4) is 0 Å². The van der Waals surface area contributed by atoms with Crippen LogP contribution in [0.25, 0.3) is 0 Å². The fraction of sp³-hybridized carbons (Fsp3) is 0.440. The molecule has 0 fully saturated rings. The second-order valence-corrected chi connectivity index (χ2v) is 9.79. The van der Waals surface area contributed by atoms with E-state index in [4.69, 9.17) is 21.3 Å². The quantitative estimate of drug-likeness (QED) is 0.544. The van der Waals surface area contributed by atoms with Crippen molar-refractivity contribution < 1.29 is 4.74 Å². The van der Waals surface area contributed by atoms with Crippen LogP contribution in [0, 0.1) is 18.8 Å². The van der Waals surface area contributed by atoms with E-state index < -0.39 is 0 Å². The number of halogens is 1. The highest BCUT2D eigenvalue weighted by atomic mass is 35.5. The molecule has 3 atom stereocenters. The van der Waals surface area contributed by atoms with Gasteiger partial charge < -0.3 is 15.4 Å². The van der Waals surface area contributed by atoms with Crippen molar-refractivity contribution >= 4 is 23.4 Å². The predicted octanol–water partition coefficient (Wildman–Crippen LogP) is 4.89. The molecule has 0 bridgehead atoms. The van der Waals surface area contributed by atoms with Crippen LogP contribution in [0.2, 0.25) is 0 Å². The van der Waals surface area contributed by atoms with Gasteiger partial charge in [-0.3, -0.25) is 0 Å². The van der Waals surface area contributed by atoms with E-state index in [9.17, 15) is 0 Å². The van der Waals surface area contributed by atoms with Crippen molar-refractivity contribution in [1.29, 1.82) is 0 Å². The van der Waals surface area contributed by atoms with Crippen LogP contribution < -0.4 is 10.6 Å². The minimum atomic E-state index is -0.362. The number of hydrogen-bond acceptors (Lipinski definition) is 7. The maximum Gasteiger partial charge on any atom is 0.229 e. The smallest absolute Gasteiger partial charge is 0.229 e. The highest BCUT2D eigenvalue weighted by molar-refractivity contribution is 6.31. The van der Waals surface area contributed by atoms with Gasteiger partial charge in [-0.15, -0.1) is 0 Å². The summed E-state index contributed by atoms with van der Waals surface area (Å²) in [5.74, 6) is 2.61. The maximum absolute atomic E-state index is 6.22. The van der Waals surface area contributed by atoms with Gasteiger partial charge in [-0.2, -0.15) is 10.1 Å². The monoisotopic (exact) mass is 481 g/mol. The molecule has 0 saturated heterocycles. The minimum Gasteiger partial charge on any atom is -0.376 e. The van der Waals surface area contributed by atoms with Crippen molar-refractivity contribution in [2.45, 2.75) is 45.8 Å². The second kappa shape index (κ2) is 9.72. The molecule has 3 heterocycles. The number of aromatic nitrogens is 5. The normalized spacial score (nSPS) is 22.4. The summed E-state index contributed by atoms with van der Waals surface area (Å²) in [7, 11) is 1.86. The molecule has 1 aliphatic heterocycles. The Balaban J connectivity index is 1.58. The lowest BCUT2D eigenvalue weighted by Gasteiger charge is -2.34. The molecule has 0 amide bonds. The van der Waals surface area contributed by atoms with Gasteiger partial charge in [0, 0.05) is 29.3 Å². The first kappa shape index (κ1) is 24.2. The van der Waals surface area contributed by atoms with E-state index >= 15 is 0 Å². The van der Waals surface area contributed by atoms with E-state index in [1.807, 2.05) is 36.9 Å². The summed E-state index contributed by atoms with van der Waals surface area (Å²) in [6, 6.07) is 0. The van der Waals surface area contributed by atoms with Crippen LogP contribution in [-0.4, -0.2) is 38.4 Å². The SMILES string of the molecule is C=C(/C=C\C(C)(C)n1cnc(C)n1)Nc1nc(NC)c2c(n1)C(C1C=CC(Cl)=CC1C)COC2. The lowest BCUT2D eigenvalue weighted by atomic mass is 9.77. The summed E-state index contributed by atoms with van der Waals surface area (Å²) >= 11 is 6.22. The summed E-state index contributed by atoms with van der Waals surface area (Å²) in [4.78, 5) is 13.8. The number of hydrogen-bond donors (Lipinski definition) is 2. The molecule has 34 heavy (non-hydrogen) atoms. The molecule has 0 saturated carbocycles. The molecule has 0 radical (unpaired) electrons. The number of anilines is 2. The van der Waals surface area contributed by atoms with Gasteiger partial charge in [0.05, 0.1) is 24.4 Å². The zero-order valence-electron chi connectivity index (χ0n) is 20.3. The second-order valence-electron chi connectivity index (χ2n) is 9.35. The molecule has 180 valence electrons. The van der Waals surface area contributed by atoms with E-state index in [0.717, 1.165) is 27.9 Å². The fourth-order valence-corrected chi connectivity index (χ4v) is 4.63. The molecule has 4 rings (SSSR count). The van der Waals surface area contributed by atoms with E-state index in [1.165, 1.54) is 0 Å². The van der Waals surface area contributed by atoms with Gasteiger partial charge in [-0.1, -0.05) is 43.3 Å². The first-order valence-corrected chi connectivity index (χ1v) is 11.8. The Morgan fingerprint density at radius 2 is 2.15 bits per heavy atom. The van der Waals surface area contributed by atoms with Crippen LogP contribution in [-0.2, 0) is 16.9 Å². The lowest BCUT2D eigenvalue weighted by Crippen LogP contribution is -2.29. The number of fused-ring (bicyclic) bond motifs is 1. The standard InChI is InChI=1S/C25H32ClN7O/c1-15-11-18(26)7-8-19(15)20-12-34-13-21-22(20)30-24(31-23(21)27-6)29-16(2)9-10-25(4,5)33-14-28-17(3)32-33/h7-11,14-15,19-20H,2,12-13H2,1,3-6H3,(H2,27,29,30,31)/b10-9-. The number of allylic oxidation sites excluding steroid dienone is 6. The number of nitrogens with zero attached hydrogens (tertiary/aromatic N) is 5. The Kier molecular flexibility index (Phi) is 6.91. The van der Waals surface area contributed by atoms with Gasteiger partial charge in [0.1, 0.15) is 18.0 Å². The number of nitrogens with one attached hydrogen (secondary N) is 2. The largest absolute Gasteiger partial charge is 0.376 e. The van der Waals surface area contributed by atoms with E-state index in [2.05, 4.69) is 65.2 Å². The Morgan fingerprint density at radius 1 is 1.35 bits per heavy atom. The lowest BCUT2D eigenvalue weighted by molar-refractivity contribution is 0.0740. The molecule has 9 heteroatoms. The average molecular weight is 482 g/mol. The fourth-order valence-electron chi connectivity index (χ4n) is 4.36. The molecule has 0 spiro atoms. The van der Waals surface area contributed by atoms with Crippen molar-refractivity contribution in [1.82, 2.24) is 24.7 Å². The molecule has 2 aromatic heterocycles. The van der Waals surface area contributed by atoms with E-state index in [0.29, 0.717) is 24.9 Å². The Morgan fingerprint density at radius 3 is 2.82 bits per heavy atom. The summed E-state index contributed by atoms with van der Waals surface area (Å²) < 4.78 is 7.77. The molecule has 2 aromatic rings. The van der Waals surface area contributed by atoms with Crippen LogP contribution in [0.15, 0.2) is 54.0 Å². The van der Waals surface area contributed by atoms with Gasteiger partial charge in [-0.25, -0.2) is 14.6 Å². The van der Waals surface area contributed by atoms with Crippen LogP contribution in [0.4, 0.5) is 11.8 Å². The molecule has 1 aliphatic carbocycles. The Bertz CT molecular complexity index is 1160. The molecular formula is C25H32ClN7O. The third-order valence-corrected chi connectivity index (χ3v) is 6.56. The first-order chi connectivity index (χ1) is 16.2. The van der Waals surface area contributed by atoms with Crippen molar-refractivity contribution in [3.05, 3.63) is 71.1 Å². The average Bonchev–Trinajstić information content (AvgIpc) is 3.24. The summed E-state index contributed by atoms with van der Waals surface area (Å²) in [5, 5.41) is 11.7. The van der Waals surface area contributed by atoms with Crippen LogP contribution in [0.5, 0.6) is 0 Å². The van der Waals surface area contributed by atoms with Crippen LogP contribution in [0.1, 0.15) is 43.8 Å². The summed E-state index contributed by atoms with van der Waals surface area (Å²) in [5.41, 5.74) is 2.31. The van der Waals surface area contributed by atoms with Gasteiger partial charge >= 0.3 is 0 Å². The third kappa shape index (κ3) is 5.08. The third-order valence-electron chi connectivity index (χ3n) is 6.30.